The molecule has 2 amide bonds. The van der Waals surface area contributed by atoms with Crippen molar-refractivity contribution in [2.24, 2.45) is 5.73 Å². The predicted molar refractivity (Wildman–Crippen MR) is 95.6 cm³/mol. The first kappa shape index (κ1) is 16.3. The Bertz CT molecular complexity index is 966. The van der Waals surface area contributed by atoms with Gasteiger partial charge >= 0.3 is 0 Å². The van der Waals surface area contributed by atoms with E-state index in [1.54, 1.807) is 10.7 Å². The molecule has 1 atom stereocenters. The number of hydrogen-bond acceptors (Lipinski definition) is 4. The van der Waals surface area contributed by atoms with E-state index in [0.717, 1.165) is 25.0 Å². The molecule has 7 heteroatoms. The lowest BCUT2D eigenvalue weighted by atomic mass is 9.97. The van der Waals surface area contributed by atoms with Gasteiger partial charge in [0, 0.05) is 18.3 Å². The summed E-state index contributed by atoms with van der Waals surface area (Å²) in [7, 11) is 0. The minimum Gasteiger partial charge on any atom is -0.365 e. The van der Waals surface area contributed by atoms with Crippen molar-refractivity contribution >= 4 is 17.5 Å². The Hall–Kier alpha value is -3.22. The van der Waals surface area contributed by atoms with Gasteiger partial charge in [-0.25, -0.2) is 9.50 Å². The molecule has 1 aliphatic rings. The Kier molecular flexibility index (Phi) is 4.12. The van der Waals surface area contributed by atoms with Crippen molar-refractivity contribution in [3.63, 3.8) is 0 Å². The van der Waals surface area contributed by atoms with Gasteiger partial charge in [-0.1, -0.05) is 18.2 Å². The van der Waals surface area contributed by atoms with E-state index in [4.69, 9.17) is 5.73 Å². The smallest absolute Gasteiger partial charge is 0.254 e. The van der Waals surface area contributed by atoms with Gasteiger partial charge in [0.1, 0.15) is 5.56 Å². The number of hydrogen-bond donors (Lipinski definition) is 1. The number of aromatic nitrogens is 3. The average Bonchev–Trinajstić information content (AvgIpc) is 3.12. The summed E-state index contributed by atoms with van der Waals surface area (Å²) in [4.78, 5) is 30.8. The van der Waals surface area contributed by atoms with Gasteiger partial charge in [0.25, 0.3) is 11.8 Å². The number of rotatable bonds is 3. The molecule has 2 N–H and O–H groups in total. The molecule has 1 aromatic carbocycles. The fourth-order valence-electron chi connectivity index (χ4n) is 3.56. The third-order valence-corrected chi connectivity index (χ3v) is 4.82. The van der Waals surface area contributed by atoms with E-state index in [9.17, 15) is 9.59 Å². The highest BCUT2D eigenvalue weighted by Gasteiger charge is 2.31. The molecule has 0 unspecified atom stereocenters. The van der Waals surface area contributed by atoms with E-state index in [2.05, 4.69) is 10.1 Å². The zero-order valence-electron chi connectivity index (χ0n) is 14.2. The Morgan fingerprint density at radius 1 is 1.12 bits per heavy atom. The van der Waals surface area contributed by atoms with E-state index in [1.165, 1.54) is 6.20 Å². The van der Waals surface area contributed by atoms with Gasteiger partial charge in [-0.2, -0.15) is 5.10 Å². The summed E-state index contributed by atoms with van der Waals surface area (Å²) in [6.45, 7) is 0.687. The Morgan fingerprint density at radius 3 is 2.69 bits per heavy atom. The van der Waals surface area contributed by atoms with E-state index in [-0.39, 0.29) is 17.5 Å². The summed E-state index contributed by atoms with van der Waals surface area (Å²) in [6, 6.07) is 11.0. The lowest BCUT2D eigenvalue weighted by Gasteiger charge is -2.36. The Morgan fingerprint density at radius 2 is 1.92 bits per heavy atom. The summed E-state index contributed by atoms with van der Waals surface area (Å²) in [6.07, 6.45) is 5.90. The fourth-order valence-corrected chi connectivity index (χ4v) is 3.56. The molecule has 0 bridgehead atoms. The average molecular weight is 349 g/mol. The van der Waals surface area contributed by atoms with Crippen LogP contribution in [0.25, 0.3) is 5.65 Å². The van der Waals surface area contributed by atoms with Crippen LogP contribution in [0.1, 0.15) is 51.7 Å². The molecule has 0 aliphatic carbocycles. The van der Waals surface area contributed by atoms with Crippen LogP contribution in [0.2, 0.25) is 0 Å². The molecule has 1 saturated heterocycles. The molecule has 1 fully saturated rings. The molecule has 7 nitrogen and oxygen atoms in total. The number of benzene rings is 1. The number of amides is 2. The monoisotopic (exact) mass is 349 g/mol. The highest BCUT2D eigenvalue weighted by Crippen LogP contribution is 2.32. The highest BCUT2D eigenvalue weighted by molar-refractivity contribution is 5.98. The van der Waals surface area contributed by atoms with Crippen molar-refractivity contribution in [3.8, 4) is 0 Å². The second-order valence-electron chi connectivity index (χ2n) is 6.40. The maximum Gasteiger partial charge on any atom is 0.254 e. The van der Waals surface area contributed by atoms with Crippen LogP contribution in [-0.4, -0.2) is 37.9 Å². The summed E-state index contributed by atoms with van der Waals surface area (Å²) >= 11 is 0. The van der Waals surface area contributed by atoms with E-state index in [0.29, 0.717) is 17.8 Å². The van der Waals surface area contributed by atoms with Gasteiger partial charge in [0.2, 0.25) is 0 Å². The number of primary amides is 1. The molecule has 1 aliphatic heterocycles. The number of carbonyl (C=O) groups is 2. The maximum atomic E-state index is 13.0. The topological polar surface area (TPSA) is 93.6 Å². The first-order valence-electron chi connectivity index (χ1n) is 8.65. The van der Waals surface area contributed by atoms with Crippen molar-refractivity contribution in [3.05, 3.63) is 65.6 Å². The van der Waals surface area contributed by atoms with Gasteiger partial charge in [-0.05, 0) is 37.5 Å². The second kappa shape index (κ2) is 6.59. The van der Waals surface area contributed by atoms with Gasteiger partial charge in [0.15, 0.2) is 5.65 Å². The van der Waals surface area contributed by atoms with Gasteiger partial charge in [0.05, 0.1) is 17.9 Å². The number of nitrogens with zero attached hydrogens (tertiary/aromatic N) is 4. The first-order chi connectivity index (χ1) is 12.7. The summed E-state index contributed by atoms with van der Waals surface area (Å²) in [5.41, 5.74) is 7.62. The number of carbonyl (C=O) groups excluding carboxylic acids is 2. The van der Waals surface area contributed by atoms with Crippen LogP contribution in [0.15, 0.2) is 48.8 Å². The van der Waals surface area contributed by atoms with Crippen LogP contribution in [-0.2, 0) is 0 Å². The Balaban J connectivity index is 1.76. The number of piperidine rings is 1. The molecule has 0 saturated carbocycles. The number of likely N-dealkylation sites (tertiary alicyclic amines) is 1. The van der Waals surface area contributed by atoms with Gasteiger partial charge in [-0.3, -0.25) is 9.59 Å². The SMILES string of the molecule is NC(=O)c1cnn2c([C@H]3CCCCN3C(=O)c3ccccc3)ccnc12. The lowest BCUT2D eigenvalue weighted by molar-refractivity contribution is 0.0603. The van der Waals surface area contributed by atoms with Crippen LogP contribution < -0.4 is 5.73 Å². The molecule has 132 valence electrons. The van der Waals surface area contributed by atoms with Crippen LogP contribution in [0.3, 0.4) is 0 Å². The molecule has 26 heavy (non-hydrogen) atoms. The molecule has 4 rings (SSSR count). The minimum atomic E-state index is -0.564. The summed E-state index contributed by atoms with van der Waals surface area (Å²) < 4.78 is 1.63. The van der Waals surface area contributed by atoms with E-state index >= 15 is 0 Å². The second-order valence-corrected chi connectivity index (χ2v) is 6.40. The standard InChI is InChI=1S/C19H19N5O2/c20-17(25)14-12-22-24-16(9-10-21-18(14)24)15-8-4-5-11-23(15)19(26)13-6-2-1-3-7-13/h1-3,6-7,9-10,12,15H,4-5,8,11H2,(H2,20,25)/t15-/m1/s1. The largest absolute Gasteiger partial charge is 0.365 e. The first-order valence-corrected chi connectivity index (χ1v) is 8.65. The predicted octanol–water partition coefficient (Wildman–Crippen LogP) is 2.20. The molecular formula is C19H19N5O2. The lowest BCUT2D eigenvalue weighted by Crippen LogP contribution is -2.39. The summed E-state index contributed by atoms with van der Waals surface area (Å²) in [5.74, 6) is -0.562. The minimum absolute atomic E-state index is 0.00235. The summed E-state index contributed by atoms with van der Waals surface area (Å²) in [5, 5.41) is 4.30. The zero-order chi connectivity index (χ0) is 18.1. The third kappa shape index (κ3) is 2.71. The molecule has 2 aromatic heterocycles. The van der Waals surface area contributed by atoms with E-state index in [1.807, 2.05) is 41.3 Å². The normalized spacial score (nSPS) is 17.4. The quantitative estimate of drug-likeness (QED) is 0.784. The van der Waals surface area contributed by atoms with Crippen LogP contribution >= 0.6 is 0 Å². The number of fused-ring (bicyclic) bond motifs is 1. The third-order valence-electron chi connectivity index (χ3n) is 4.82. The molecule has 0 radical (unpaired) electrons. The zero-order valence-corrected chi connectivity index (χ0v) is 14.2. The molecule has 3 heterocycles. The number of nitrogens with two attached hydrogens (primary N) is 1. The molecule has 3 aromatic rings. The van der Waals surface area contributed by atoms with Gasteiger partial charge < -0.3 is 10.6 Å². The molecule has 0 spiro atoms. The van der Waals surface area contributed by atoms with Crippen molar-refractivity contribution in [2.45, 2.75) is 25.3 Å². The fraction of sp³-hybridized carbons (Fsp3) is 0.263. The highest BCUT2D eigenvalue weighted by atomic mass is 16.2. The van der Waals surface area contributed by atoms with Crippen molar-refractivity contribution < 1.29 is 9.59 Å². The van der Waals surface area contributed by atoms with Crippen molar-refractivity contribution in [1.82, 2.24) is 19.5 Å². The van der Waals surface area contributed by atoms with Crippen molar-refractivity contribution in [1.29, 1.82) is 0 Å². The molecular weight excluding hydrogens is 330 g/mol. The van der Waals surface area contributed by atoms with Crippen LogP contribution in [0.4, 0.5) is 0 Å². The van der Waals surface area contributed by atoms with Crippen molar-refractivity contribution in [2.75, 3.05) is 6.54 Å². The maximum absolute atomic E-state index is 13.0. The van der Waals surface area contributed by atoms with Crippen LogP contribution in [0, 0.1) is 0 Å². The van der Waals surface area contributed by atoms with Crippen LogP contribution in [0.5, 0.6) is 0 Å². The van der Waals surface area contributed by atoms with E-state index < -0.39 is 5.91 Å². The Labute approximate surface area is 150 Å². The van der Waals surface area contributed by atoms with Gasteiger partial charge in [-0.15, -0.1) is 0 Å².